The van der Waals surface area contributed by atoms with Crippen LogP contribution < -0.4 is 5.32 Å². The summed E-state index contributed by atoms with van der Waals surface area (Å²) in [5, 5.41) is 19.7. The maximum Gasteiger partial charge on any atom is 0.320 e. The van der Waals surface area contributed by atoms with Crippen molar-refractivity contribution in [3.05, 3.63) is 35.9 Å². The zero-order valence-corrected chi connectivity index (χ0v) is 10.5. The summed E-state index contributed by atoms with van der Waals surface area (Å²) in [6.45, 7) is 1.14. The minimum atomic E-state index is -0.720. The fourth-order valence-electron chi connectivity index (χ4n) is 1.82. The number of nitrogens with one attached hydrogen (secondary N) is 1. The van der Waals surface area contributed by atoms with Crippen molar-refractivity contribution in [3.63, 3.8) is 0 Å². The van der Waals surface area contributed by atoms with Crippen molar-refractivity contribution in [2.24, 2.45) is 0 Å². The molecule has 2 rings (SSSR count). The number of benzene rings is 1. The first-order chi connectivity index (χ1) is 8.74. The number of aryl methyl sites for hydroxylation is 1. The monoisotopic (exact) mass is 251 g/mol. The van der Waals surface area contributed by atoms with Crippen molar-refractivity contribution in [3.8, 4) is 0 Å². The second-order valence-electron chi connectivity index (χ2n) is 4.30. The number of rotatable bonds is 4. The second-order valence-corrected chi connectivity index (χ2v) is 4.30. The minimum Gasteiger partial charge on any atom is -0.480 e. The quantitative estimate of drug-likeness (QED) is 0.757. The Labute approximate surface area is 108 Å². The van der Waals surface area contributed by atoms with Crippen LogP contribution in [0.1, 0.15) is 24.8 Å². The average Bonchev–Trinajstić information content (AvgIpc) is 2.92. The molecule has 0 radical (unpaired) electrons. The van der Waals surface area contributed by atoms with E-state index in [2.05, 4.69) is 17.4 Å². The van der Waals surface area contributed by atoms with Crippen molar-refractivity contribution in [2.75, 3.05) is 13.2 Å². The molecule has 1 aromatic rings. The highest BCUT2D eigenvalue weighted by molar-refractivity contribution is 5.73. The number of hydrogen-bond acceptors (Lipinski definition) is 3. The van der Waals surface area contributed by atoms with Gasteiger partial charge in [-0.2, -0.15) is 0 Å². The molecule has 0 aliphatic carbocycles. The van der Waals surface area contributed by atoms with E-state index in [1.54, 1.807) is 0 Å². The van der Waals surface area contributed by atoms with E-state index < -0.39 is 5.97 Å². The Hall–Kier alpha value is -1.39. The standard InChI is InChI=1S/C9H12O.C5H9NO2/c10-8-4-7-9-5-2-1-3-6-9;7-5(8)4-2-1-3-6-4/h1-3,5-6,10H,4,7-8H2;4,6H,1-3H2,(H,7,8)/t;4-/m.0/s1. The lowest BCUT2D eigenvalue weighted by molar-refractivity contribution is -0.139. The van der Waals surface area contributed by atoms with E-state index in [0.717, 1.165) is 32.2 Å². The third kappa shape index (κ3) is 5.80. The molecule has 1 aliphatic heterocycles. The Morgan fingerprint density at radius 1 is 1.33 bits per heavy atom. The molecule has 4 heteroatoms. The lowest BCUT2D eigenvalue weighted by atomic mass is 10.1. The van der Waals surface area contributed by atoms with Crippen molar-refractivity contribution >= 4 is 5.97 Å². The third-order valence-corrected chi connectivity index (χ3v) is 2.82. The van der Waals surface area contributed by atoms with E-state index in [1.165, 1.54) is 5.56 Å². The number of aliphatic hydroxyl groups is 1. The van der Waals surface area contributed by atoms with Crippen LogP contribution in [-0.4, -0.2) is 35.4 Å². The molecule has 1 fully saturated rings. The summed E-state index contributed by atoms with van der Waals surface area (Å²) in [5.41, 5.74) is 1.30. The molecule has 0 spiro atoms. The van der Waals surface area contributed by atoms with Gasteiger partial charge in [0.1, 0.15) is 6.04 Å². The van der Waals surface area contributed by atoms with Crippen LogP contribution in [0, 0.1) is 0 Å². The summed E-state index contributed by atoms with van der Waals surface area (Å²) in [4.78, 5) is 10.1. The lowest BCUT2D eigenvalue weighted by Gasteiger charge is -1.99. The Bertz CT molecular complexity index is 334. The van der Waals surface area contributed by atoms with E-state index in [4.69, 9.17) is 10.2 Å². The van der Waals surface area contributed by atoms with E-state index in [0.29, 0.717) is 0 Å². The Balaban J connectivity index is 0.000000184. The maximum atomic E-state index is 10.1. The molecule has 0 bridgehead atoms. The maximum absolute atomic E-state index is 10.1. The number of hydrogen-bond donors (Lipinski definition) is 3. The van der Waals surface area contributed by atoms with Crippen LogP contribution in [0.25, 0.3) is 0 Å². The summed E-state index contributed by atoms with van der Waals surface area (Å²) < 4.78 is 0. The molecule has 0 amide bonds. The van der Waals surface area contributed by atoms with Gasteiger partial charge in [-0.1, -0.05) is 30.3 Å². The Morgan fingerprint density at radius 2 is 2.06 bits per heavy atom. The van der Waals surface area contributed by atoms with Crippen molar-refractivity contribution in [1.82, 2.24) is 5.32 Å². The van der Waals surface area contributed by atoms with E-state index in [-0.39, 0.29) is 12.6 Å². The molecular weight excluding hydrogens is 230 g/mol. The van der Waals surface area contributed by atoms with Gasteiger partial charge in [0.2, 0.25) is 0 Å². The van der Waals surface area contributed by atoms with Crippen LogP contribution in [0.4, 0.5) is 0 Å². The van der Waals surface area contributed by atoms with Crippen LogP contribution in [0.3, 0.4) is 0 Å². The fraction of sp³-hybridized carbons (Fsp3) is 0.500. The highest BCUT2D eigenvalue weighted by Crippen LogP contribution is 2.03. The number of aliphatic hydroxyl groups excluding tert-OH is 1. The SMILES string of the molecule is O=C(O)[C@@H]1CCCN1.OCCCc1ccccc1. The van der Waals surface area contributed by atoms with Gasteiger partial charge >= 0.3 is 5.97 Å². The summed E-state index contributed by atoms with van der Waals surface area (Å²) in [6, 6.07) is 9.93. The van der Waals surface area contributed by atoms with Crippen molar-refractivity contribution in [2.45, 2.75) is 31.7 Å². The summed E-state index contributed by atoms with van der Waals surface area (Å²) in [6.07, 6.45) is 3.63. The predicted molar refractivity (Wildman–Crippen MR) is 70.5 cm³/mol. The first-order valence-electron chi connectivity index (χ1n) is 6.35. The zero-order chi connectivity index (χ0) is 13.2. The average molecular weight is 251 g/mol. The van der Waals surface area contributed by atoms with Gasteiger partial charge in [-0.25, -0.2) is 0 Å². The number of carboxylic acids is 1. The normalized spacial score (nSPS) is 17.9. The predicted octanol–water partition coefficient (Wildman–Crippen LogP) is 1.43. The van der Waals surface area contributed by atoms with Crippen molar-refractivity contribution in [1.29, 1.82) is 0 Å². The van der Waals surface area contributed by atoms with Gasteiger partial charge in [0.25, 0.3) is 0 Å². The first kappa shape index (κ1) is 14.7. The molecule has 4 nitrogen and oxygen atoms in total. The molecular formula is C14H21NO3. The molecule has 1 aromatic carbocycles. The van der Waals surface area contributed by atoms with Gasteiger partial charge in [-0.3, -0.25) is 4.79 Å². The molecule has 100 valence electrons. The fourth-order valence-corrected chi connectivity index (χ4v) is 1.82. The van der Waals surface area contributed by atoms with Crippen molar-refractivity contribution < 1.29 is 15.0 Å². The molecule has 18 heavy (non-hydrogen) atoms. The molecule has 3 N–H and O–H groups in total. The van der Waals surface area contributed by atoms with E-state index in [9.17, 15) is 4.79 Å². The topological polar surface area (TPSA) is 69.6 Å². The molecule has 0 aromatic heterocycles. The zero-order valence-electron chi connectivity index (χ0n) is 10.5. The van der Waals surface area contributed by atoms with Crippen LogP contribution in [0.5, 0.6) is 0 Å². The van der Waals surface area contributed by atoms with E-state index >= 15 is 0 Å². The number of carbonyl (C=O) groups is 1. The Kier molecular flexibility index (Phi) is 7.06. The van der Waals surface area contributed by atoms with Crippen LogP contribution >= 0.6 is 0 Å². The van der Waals surface area contributed by atoms with Gasteiger partial charge in [0.15, 0.2) is 0 Å². The van der Waals surface area contributed by atoms with Gasteiger partial charge < -0.3 is 15.5 Å². The number of carboxylic acid groups (broad SMARTS) is 1. The number of aliphatic carboxylic acids is 1. The smallest absolute Gasteiger partial charge is 0.320 e. The highest BCUT2D eigenvalue weighted by atomic mass is 16.4. The first-order valence-corrected chi connectivity index (χ1v) is 6.35. The minimum absolute atomic E-state index is 0.269. The summed E-state index contributed by atoms with van der Waals surface area (Å²) in [7, 11) is 0. The second kappa shape index (κ2) is 8.66. The Morgan fingerprint density at radius 3 is 2.50 bits per heavy atom. The summed E-state index contributed by atoms with van der Waals surface area (Å²) in [5.74, 6) is -0.720. The van der Waals surface area contributed by atoms with Crippen LogP contribution in [-0.2, 0) is 11.2 Å². The molecule has 1 atom stereocenters. The van der Waals surface area contributed by atoms with Gasteiger partial charge in [0, 0.05) is 6.61 Å². The van der Waals surface area contributed by atoms with Crippen LogP contribution in [0.15, 0.2) is 30.3 Å². The van der Waals surface area contributed by atoms with Gasteiger partial charge in [-0.05, 0) is 37.8 Å². The summed E-state index contributed by atoms with van der Waals surface area (Å²) >= 11 is 0. The van der Waals surface area contributed by atoms with Gasteiger partial charge in [0.05, 0.1) is 0 Å². The molecule has 0 saturated carbocycles. The molecule has 0 unspecified atom stereocenters. The van der Waals surface area contributed by atoms with Gasteiger partial charge in [-0.15, -0.1) is 0 Å². The highest BCUT2D eigenvalue weighted by Gasteiger charge is 2.20. The third-order valence-electron chi connectivity index (χ3n) is 2.82. The van der Waals surface area contributed by atoms with E-state index in [1.807, 2.05) is 18.2 Å². The molecule has 1 heterocycles. The largest absolute Gasteiger partial charge is 0.480 e. The molecule has 1 aliphatic rings. The molecule has 1 saturated heterocycles. The van der Waals surface area contributed by atoms with Crippen LogP contribution in [0.2, 0.25) is 0 Å². The lowest BCUT2D eigenvalue weighted by Crippen LogP contribution is -2.29.